The predicted molar refractivity (Wildman–Crippen MR) is 72.1 cm³/mol. The average molecular weight is 292 g/mol. The van der Waals surface area contributed by atoms with Crippen LogP contribution in [0.5, 0.6) is 0 Å². The van der Waals surface area contributed by atoms with E-state index >= 15 is 0 Å². The summed E-state index contributed by atoms with van der Waals surface area (Å²) in [6, 6.07) is 6.46. The largest absolute Gasteiger partial charge is 0.478 e. The van der Waals surface area contributed by atoms with Gasteiger partial charge in [0.05, 0.1) is 22.5 Å². The molecule has 0 aromatic heterocycles. The highest BCUT2D eigenvalue weighted by Crippen LogP contribution is 2.21. The van der Waals surface area contributed by atoms with Crippen molar-refractivity contribution in [2.24, 2.45) is 0 Å². The van der Waals surface area contributed by atoms with Crippen LogP contribution in [0.4, 0.5) is 20.2 Å². The summed E-state index contributed by atoms with van der Waals surface area (Å²) in [4.78, 5) is 23.0. The maximum Gasteiger partial charge on any atom is 0.337 e. The Morgan fingerprint density at radius 3 is 2.48 bits per heavy atom. The van der Waals surface area contributed by atoms with Gasteiger partial charge in [-0.25, -0.2) is 13.6 Å². The van der Waals surface area contributed by atoms with Crippen LogP contribution in [0.15, 0.2) is 36.4 Å². The molecule has 0 saturated carbocycles. The van der Waals surface area contributed by atoms with Crippen LogP contribution in [0.25, 0.3) is 0 Å². The molecule has 0 aliphatic carbocycles. The Morgan fingerprint density at radius 2 is 1.81 bits per heavy atom. The smallest absolute Gasteiger partial charge is 0.337 e. The van der Waals surface area contributed by atoms with Crippen LogP contribution < -0.4 is 11.1 Å². The second-order valence-electron chi connectivity index (χ2n) is 4.15. The summed E-state index contributed by atoms with van der Waals surface area (Å²) in [6.07, 6.45) is 0. The summed E-state index contributed by atoms with van der Waals surface area (Å²) in [7, 11) is 0. The van der Waals surface area contributed by atoms with Gasteiger partial charge in [-0.3, -0.25) is 4.79 Å². The molecule has 5 nitrogen and oxygen atoms in total. The van der Waals surface area contributed by atoms with E-state index in [9.17, 15) is 18.4 Å². The molecule has 0 radical (unpaired) electrons. The summed E-state index contributed by atoms with van der Waals surface area (Å²) in [5.74, 6) is -3.67. The molecule has 0 bridgehead atoms. The first-order valence-electron chi connectivity index (χ1n) is 5.78. The fourth-order valence-electron chi connectivity index (χ4n) is 1.73. The van der Waals surface area contributed by atoms with Crippen molar-refractivity contribution >= 4 is 23.3 Å². The molecule has 2 aromatic rings. The average Bonchev–Trinajstić information content (AvgIpc) is 2.41. The van der Waals surface area contributed by atoms with Crippen LogP contribution >= 0.6 is 0 Å². The number of carbonyl (C=O) groups excluding carboxylic acids is 1. The minimum Gasteiger partial charge on any atom is -0.478 e. The molecule has 0 spiro atoms. The molecule has 2 aromatic carbocycles. The number of nitrogens with two attached hydrogens (primary N) is 1. The van der Waals surface area contributed by atoms with Gasteiger partial charge in [0.25, 0.3) is 5.91 Å². The second-order valence-corrected chi connectivity index (χ2v) is 4.15. The number of para-hydroxylation sites is 1. The number of carboxylic acids is 1. The number of carbonyl (C=O) groups is 2. The summed E-state index contributed by atoms with van der Waals surface area (Å²) >= 11 is 0. The topological polar surface area (TPSA) is 92.4 Å². The normalized spacial score (nSPS) is 10.2. The highest BCUT2D eigenvalue weighted by atomic mass is 19.1. The molecule has 0 heterocycles. The molecule has 1 amide bonds. The zero-order valence-corrected chi connectivity index (χ0v) is 10.6. The van der Waals surface area contributed by atoms with Crippen molar-refractivity contribution in [3.8, 4) is 0 Å². The molecule has 0 aliphatic rings. The van der Waals surface area contributed by atoms with Gasteiger partial charge >= 0.3 is 5.97 Å². The van der Waals surface area contributed by atoms with E-state index in [1.54, 1.807) is 0 Å². The molecule has 21 heavy (non-hydrogen) atoms. The third kappa shape index (κ3) is 2.97. The van der Waals surface area contributed by atoms with E-state index in [-0.39, 0.29) is 22.5 Å². The number of rotatable bonds is 3. The monoisotopic (exact) mass is 292 g/mol. The standard InChI is InChI=1S/C14H10F2N2O3/c15-7-4-5-8(14(20)21)11(6-7)18-13(19)9-2-1-3-10(16)12(9)17/h1-6H,17H2,(H,18,19)(H,20,21). The fourth-order valence-corrected chi connectivity index (χ4v) is 1.73. The van der Waals surface area contributed by atoms with Crippen molar-refractivity contribution in [2.45, 2.75) is 0 Å². The Kier molecular flexibility index (Phi) is 3.84. The van der Waals surface area contributed by atoms with Crippen molar-refractivity contribution in [1.82, 2.24) is 0 Å². The molecule has 7 heteroatoms. The van der Waals surface area contributed by atoms with Crippen molar-refractivity contribution in [1.29, 1.82) is 0 Å². The van der Waals surface area contributed by atoms with E-state index in [4.69, 9.17) is 10.8 Å². The van der Waals surface area contributed by atoms with Gasteiger partial charge in [-0.15, -0.1) is 0 Å². The van der Waals surface area contributed by atoms with Crippen LogP contribution in [-0.4, -0.2) is 17.0 Å². The van der Waals surface area contributed by atoms with Crippen molar-refractivity contribution in [2.75, 3.05) is 11.1 Å². The number of carboxylic acid groups (broad SMARTS) is 1. The lowest BCUT2D eigenvalue weighted by atomic mass is 10.1. The highest BCUT2D eigenvalue weighted by molar-refractivity contribution is 6.10. The maximum atomic E-state index is 13.3. The van der Waals surface area contributed by atoms with E-state index in [1.165, 1.54) is 12.1 Å². The number of halogens is 2. The van der Waals surface area contributed by atoms with Gasteiger partial charge in [-0.05, 0) is 30.3 Å². The molecule has 0 atom stereocenters. The molecule has 108 valence electrons. The van der Waals surface area contributed by atoms with E-state index < -0.39 is 23.5 Å². The van der Waals surface area contributed by atoms with Crippen LogP contribution in [0.1, 0.15) is 20.7 Å². The minimum absolute atomic E-state index is 0.171. The zero-order chi connectivity index (χ0) is 15.6. The number of benzene rings is 2. The minimum atomic E-state index is -1.34. The number of nitrogen functional groups attached to an aromatic ring is 1. The first kappa shape index (κ1) is 14.4. The lowest BCUT2D eigenvalue weighted by Gasteiger charge is -2.10. The highest BCUT2D eigenvalue weighted by Gasteiger charge is 2.17. The Bertz CT molecular complexity index is 732. The molecule has 0 unspecified atom stereocenters. The Morgan fingerprint density at radius 1 is 1.10 bits per heavy atom. The molecule has 4 N–H and O–H groups in total. The number of hydrogen-bond acceptors (Lipinski definition) is 3. The molecule has 0 aliphatic heterocycles. The Balaban J connectivity index is 2.38. The van der Waals surface area contributed by atoms with E-state index in [1.807, 2.05) is 0 Å². The number of nitrogens with one attached hydrogen (secondary N) is 1. The van der Waals surface area contributed by atoms with Crippen molar-refractivity contribution < 1.29 is 23.5 Å². The third-order valence-electron chi connectivity index (χ3n) is 2.76. The lowest BCUT2D eigenvalue weighted by Crippen LogP contribution is -2.17. The number of amides is 1. The molecule has 0 saturated heterocycles. The fraction of sp³-hybridized carbons (Fsp3) is 0. The number of aromatic carboxylic acids is 1. The van der Waals surface area contributed by atoms with Crippen molar-refractivity contribution in [3.05, 3.63) is 59.2 Å². The van der Waals surface area contributed by atoms with Gasteiger partial charge in [-0.2, -0.15) is 0 Å². The number of hydrogen-bond donors (Lipinski definition) is 3. The molecular formula is C14H10F2N2O3. The second kappa shape index (κ2) is 5.58. The zero-order valence-electron chi connectivity index (χ0n) is 10.6. The van der Waals surface area contributed by atoms with Crippen LogP contribution in [0, 0.1) is 11.6 Å². The summed E-state index contributed by atoms with van der Waals surface area (Å²) < 4.78 is 26.5. The summed E-state index contributed by atoms with van der Waals surface area (Å²) in [5, 5.41) is 11.2. The first-order chi connectivity index (χ1) is 9.90. The van der Waals surface area contributed by atoms with Crippen LogP contribution in [0.2, 0.25) is 0 Å². The lowest BCUT2D eigenvalue weighted by molar-refractivity contribution is 0.0698. The van der Waals surface area contributed by atoms with Crippen LogP contribution in [-0.2, 0) is 0 Å². The third-order valence-corrected chi connectivity index (χ3v) is 2.76. The van der Waals surface area contributed by atoms with Gasteiger partial charge in [-0.1, -0.05) is 6.07 Å². The maximum absolute atomic E-state index is 13.3. The van der Waals surface area contributed by atoms with Crippen molar-refractivity contribution in [3.63, 3.8) is 0 Å². The van der Waals surface area contributed by atoms with Gasteiger partial charge in [0, 0.05) is 0 Å². The summed E-state index contributed by atoms with van der Waals surface area (Å²) in [6.45, 7) is 0. The van der Waals surface area contributed by atoms with E-state index in [0.29, 0.717) is 0 Å². The molecule has 0 fully saturated rings. The van der Waals surface area contributed by atoms with E-state index in [0.717, 1.165) is 24.3 Å². The van der Waals surface area contributed by atoms with Crippen LogP contribution in [0.3, 0.4) is 0 Å². The predicted octanol–water partition coefficient (Wildman–Crippen LogP) is 2.50. The Hall–Kier alpha value is -2.96. The molecular weight excluding hydrogens is 282 g/mol. The number of anilines is 2. The quantitative estimate of drug-likeness (QED) is 0.758. The van der Waals surface area contributed by atoms with Gasteiger partial charge in [0.2, 0.25) is 0 Å². The van der Waals surface area contributed by atoms with Gasteiger partial charge < -0.3 is 16.2 Å². The van der Waals surface area contributed by atoms with Gasteiger partial charge in [0.1, 0.15) is 11.6 Å². The molecule has 2 rings (SSSR count). The summed E-state index contributed by atoms with van der Waals surface area (Å²) in [5.41, 5.74) is 4.36. The Labute approximate surface area is 118 Å². The first-order valence-corrected chi connectivity index (χ1v) is 5.78. The van der Waals surface area contributed by atoms with E-state index in [2.05, 4.69) is 5.32 Å². The van der Waals surface area contributed by atoms with Gasteiger partial charge in [0.15, 0.2) is 0 Å². The SMILES string of the molecule is Nc1c(F)cccc1C(=O)Nc1cc(F)ccc1C(=O)O.